The summed E-state index contributed by atoms with van der Waals surface area (Å²) in [6.07, 6.45) is 9.22. The molecule has 1 saturated heterocycles. The minimum Gasteiger partial charge on any atom is -0.371 e. The van der Waals surface area contributed by atoms with Crippen LogP contribution in [-0.2, 0) is 0 Å². The van der Waals surface area contributed by atoms with Crippen molar-refractivity contribution in [2.24, 2.45) is 0 Å². The van der Waals surface area contributed by atoms with Crippen LogP contribution in [0.3, 0.4) is 0 Å². The average Bonchev–Trinajstić information content (AvgIpc) is 2.28. The second kappa shape index (κ2) is 4.40. The third kappa shape index (κ3) is 2.14. The molecule has 1 nitrogen and oxygen atoms in total. The van der Waals surface area contributed by atoms with Gasteiger partial charge in [-0.1, -0.05) is 29.9 Å². The number of benzene rings is 1. The molecule has 1 heteroatoms. The number of anilines is 1. The van der Waals surface area contributed by atoms with Crippen molar-refractivity contribution in [3.05, 3.63) is 54.0 Å². The van der Waals surface area contributed by atoms with Gasteiger partial charge in [0, 0.05) is 18.8 Å². The molecule has 1 aromatic rings. The maximum Gasteiger partial charge on any atom is 0.0366 e. The van der Waals surface area contributed by atoms with Crippen LogP contribution in [0.25, 0.3) is 5.57 Å². The molecule has 0 amide bonds. The van der Waals surface area contributed by atoms with Gasteiger partial charge < -0.3 is 4.90 Å². The van der Waals surface area contributed by atoms with Crippen molar-refractivity contribution in [1.29, 1.82) is 0 Å². The minimum absolute atomic E-state index is 1.06. The van der Waals surface area contributed by atoms with E-state index in [2.05, 4.69) is 54.7 Å². The number of allylic oxidation sites excluding steroid dienone is 4. The van der Waals surface area contributed by atoms with Crippen LogP contribution in [0.4, 0.5) is 5.69 Å². The molecule has 0 atom stereocenters. The molecule has 1 aromatic carbocycles. The van der Waals surface area contributed by atoms with Gasteiger partial charge in [0.1, 0.15) is 0 Å². The van der Waals surface area contributed by atoms with Crippen molar-refractivity contribution >= 4 is 11.3 Å². The summed E-state index contributed by atoms with van der Waals surface area (Å²) in [7, 11) is 0. The molecule has 1 fully saturated rings. The van der Waals surface area contributed by atoms with Gasteiger partial charge in [0.05, 0.1) is 0 Å². The van der Waals surface area contributed by atoms with E-state index in [1.807, 2.05) is 0 Å². The molecule has 0 aromatic heterocycles. The summed E-state index contributed by atoms with van der Waals surface area (Å²) in [4.78, 5) is 2.42. The SMILES string of the molecule is CC1=CC[CH]C(c2ccc(N3CCC3)cc2)=C1. The van der Waals surface area contributed by atoms with Gasteiger partial charge in [-0.3, -0.25) is 0 Å². The van der Waals surface area contributed by atoms with Crippen molar-refractivity contribution in [3.63, 3.8) is 0 Å². The van der Waals surface area contributed by atoms with Crippen molar-refractivity contribution in [2.75, 3.05) is 18.0 Å². The highest BCUT2D eigenvalue weighted by atomic mass is 15.2. The van der Waals surface area contributed by atoms with Gasteiger partial charge in [-0.15, -0.1) is 0 Å². The Hall–Kier alpha value is -1.50. The smallest absolute Gasteiger partial charge is 0.0366 e. The molecular formula is C16H18N. The van der Waals surface area contributed by atoms with E-state index in [0.717, 1.165) is 6.42 Å². The molecular weight excluding hydrogens is 206 g/mol. The quantitative estimate of drug-likeness (QED) is 0.738. The topological polar surface area (TPSA) is 3.24 Å². The summed E-state index contributed by atoms with van der Waals surface area (Å²) in [5, 5.41) is 0. The summed E-state index contributed by atoms with van der Waals surface area (Å²) in [6.45, 7) is 4.60. The van der Waals surface area contributed by atoms with E-state index in [4.69, 9.17) is 0 Å². The average molecular weight is 224 g/mol. The van der Waals surface area contributed by atoms with Crippen LogP contribution in [0, 0.1) is 6.42 Å². The van der Waals surface area contributed by atoms with E-state index in [1.54, 1.807) is 0 Å². The van der Waals surface area contributed by atoms with Crippen LogP contribution in [0.15, 0.2) is 42.0 Å². The molecule has 1 aliphatic heterocycles. The molecule has 0 spiro atoms. The fourth-order valence-electron chi connectivity index (χ4n) is 2.38. The monoisotopic (exact) mass is 224 g/mol. The van der Waals surface area contributed by atoms with Gasteiger partial charge >= 0.3 is 0 Å². The molecule has 3 rings (SSSR count). The fourth-order valence-corrected chi connectivity index (χ4v) is 2.38. The Labute approximate surface area is 103 Å². The van der Waals surface area contributed by atoms with Gasteiger partial charge in [0.15, 0.2) is 0 Å². The second-order valence-corrected chi connectivity index (χ2v) is 4.88. The van der Waals surface area contributed by atoms with Gasteiger partial charge in [-0.05, 0) is 49.5 Å². The summed E-state index contributed by atoms with van der Waals surface area (Å²) >= 11 is 0. The standard InChI is InChI=1S/C16H18N/c1-13-4-2-5-15(12-13)14-6-8-16(9-7-14)17-10-3-11-17/h4-9,12H,2-3,10-11H2,1H3. The largest absolute Gasteiger partial charge is 0.371 e. The normalized spacial score (nSPS) is 19.5. The summed E-state index contributed by atoms with van der Waals surface area (Å²) < 4.78 is 0. The number of hydrogen-bond acceptors (Lipinski definition) is 1. The van der Waals surface area contributed by atoms with Crippen molar-refractivity contribution < 1.29 is 0 Å². The van der Waals surface area contributed by atoms with Crippen LogP contribution in [0.2, 0.25) is 0 Å². The van der Waals surface area contributed by atoms with E-state index < -0.39 is 0 Å². The molecule has 17 heavy (non-hydrogen) atoms. The lowest BCUT2D eigenvalue weighted by atomic mass is 9.94. The Morgan fingerprint density at radius 1 is 1.06 bits per heavy atom. The van der Waals surface area contributed by atoms with Crippen LogP contribution in [0.1, 0.15) is 25.3 Å². The first-order valence-corrected chi connectivity index (χ1v) is 6.40. The van der Waals surface area contributed by atoms with E-state index in [-0.39, 0.29) is 0 Å². The first-order valence-electron chi connectivity index (χ1n) is 6.40. The van der Waals surface area contributed by atoms with E-state index in [1.165, 1.54) is 41.9 Å². The third-order valence-corrected chi connectivity index (χ3v) is 3.58. The Bertz CT molecular complexity index is 461. The first-order chi connectivity index (χ1) is 8.33. The van der Waals surface area contributed by atoms with Gasteiger partial charge in [-0.25, -0.2) is 0 Å². The lowest BCUT2D eigenvalue weighted by molar-refractivity contribution is 0.618. The van der Waals surface area contributed by atoms with Crippen LogP contribution in [-0.4, -0.2) is 13.1 Å². The number of hydrogen-bond donors (Lipinski definition) is 0. The van der Waals surface area contributed by atoms with Crippen LogP contribution in [0.5, 0.6) is 0 Å². The predicted octanol–water partition coefficient (Wildman–Crippen LogP) is 3.83. The lowest BCUT2D eigenvalue weighted by Gasteiger charge is -2.33. The Morgan fingerprint density at radius 3 is 2.41 bits per heavy atom. The predicted molar refractivity (Wildman–Crippen MR) is 73.9 cm³/mol. The molecule has 0 unspecified atom stereocenters. The molecule has 87 valence electrons. The number of nitrogens with zero attached hydrogens (tertiary/aromatic N) is 1. The Balaban J connectivity index is 1.82. The molecule has 0 N–H and O–H groups in total. The molecule has 1 aliphatic carbocycles. The van der Waals surface area contributed by atoms with Gasteiger partial charge in [0.2, 0.25) is 0 Å². The highest BCUT2D eigenvalue weighted by Crippen LogP contribution is 2.28. The maximum atomic E-state index is 2.42. The summed E-state index contributed by atoms with van der Waals surface area (Å²) in [6, 6.07) is 8.98. The van der Waals surface area contributed by atoms with Crippen molar-refractivity contribution in [1.82, 2.24) is 0 Å². The zero-order valence-electron chi connectivity index (χ0n) is 10.3. The molecule has 1 heterocycles. The van der Waals surface area contributed by atoms with Gasteiger partial charge in [0.25, 0.3) is 0 Å². The lowest BCUT2D eigenvalue weighted by Crippen LogP contribution is -2.36. The molecule has 0 bridgehead atoms. The van der Waals surface area contributed by atoms with Crippen molar-refractivity contribution in [2.45, 2.75) is 19.8 Å². The maximum absolute atomic E-state index is 2.42. The Kier molecular flexibility index (Phi) is 2.76. The minimum atomic E-state index is 1.06. The fraction of sp³-hybridized carbons (Fsp3) is 0.312. The highest BCUT2D eigenvalue weighted by Gasteiger charge is 2.14. The third-order valence-electron chi connectivity index (χ3n) is 3.58. The number of rotatable bonds is 2. The second-order valence-electron chi connectivity index (χ2n) is 4.88. The summed E-state index contributed by atoms with van der Waals surface area (Å²) in [5.41, 5.74) is 5.43. The van der Waals surface area contributed by atoms with Crippen LogP contribution < -0.4 is 4.90 Å². The molecule has 2 aliphatic rings. The van der Waals surface area contributed by atoms with E-state index in [9.17, 15) is 0 Å². The zero-order chi connectivity index (χ0) is 11.7. The zero-order valence-corrected chi connectivity index (χ0v) is 10.3. The molecule has 0 saturated carbocycles. The van der Waals surface area contributed by atoms with Gasteiger partial charge in [-0.2, -0.15) is 0 Å². The van der Waals surface area contributed by atoms with E-state index in [0.29, 0.717) is 0 Å². The first kappa shape index (κ1) is 10.6. The Morgan fingerprint density at radius 2 is 1.82 bits per heavy atom. The van der Waals surface area contributed by atoms with Crippen LogP contribution >= 0.6 is 0 Å². The highest BCUT2D eigenvalue weighted by molar-refractivity contribution is 5.76. The van der Waals surface area contributed by atoms with Crippen molar-refractivity contribution in [3.8, 4) is 0 Å². The molecule has 1 radical (unpaired) electrons. The van der Waals surface area contributed by atoms with E-state index >= 15 is 0 Å². The summed E-state index contributed by atoms with van der Waals surface area (Å²) in [5.74, 6) is 0.